The summed E-state index contributed by atoms with van der Waals surface area (Å²) >= 11 is 0. The molecule has 1 N–H and O–H groups in total. The number of rotatable bonds is 3. The van der Waals surface area contributed by atoms with Crippen molar-refractivity contribution in [2.45, 2.75) is 0 Å². The number of fused-ring (bicyclic) bond motifs is 1. The molecule has 0 amide bonds. The van der Waals surface area contributed by atoms with Gasteiger partial charge in [-0.15, -0.1) is 0 Å². The van der Waals surface area contributed by atoms with E-state index in [4.69, 9.17) is 4.74 Å². The van der Waals surface area contributed by atoms with E-state index >= 15 is 0 Å². The molecule has 0 unspecified atom stereocenters. The lowest BCUT2D eigenvalue weighted by molar-refractivity contribution is -0.382. The highest BCUT2D eigenvalue weighted by Crippen LogP contribution is 2.34. The zero-order valence-corrected chi connectivity index (χ0v) is 11.7. The molecule has 0 aliphatic rings. The first kappa shape index (κ1) is 13.8. The highest BCUT2D eigenvalue weighted by molar-refractivity contribution is 5.96. The summed E-state index contributed by atoms with van der Waals surface area (Å²) in [6.07, 6.45) is 0. The third-order valence-corrected chi connectivity index (χ3v) is 3.45. The van der Waals surface area contributed by atoms with Crippen molar-refractivity contribution in [3.05, 3.63) is 69.0 Å². The first-order valence-electron chi connectivity index (χ1n) is 6.55. The first-order valence-corrected chi connectivity index (χ1v) is 6.55. The Bertz CT molecular complexity index is 917. The van der Waals surface area contributed by atoms with Crippen molar-refractivity contribution in [3.8, 4) is 17.0 Å². The average molecular weight is 296 g/mol. The monoisotopic (exact) mass is 296 g/mol. The molecule has 2 aromatic carbocycles. The molecule has 110 valence electrons. The van der Waals surface area contributed by atoms with Crippen LogP contribution in [0.25, 0.3) is 22.0 Å². The van der Waals surface area contributed by atoms with Crippen LogP contribution in [0.1, 0.15) is 0 Å². The average Bonchev–Trinajstić information content (AvgIpc) is 2.54. The SMILES string of the molecule is COc1ccc2c([N+](=O)[O-])c(-c3ccccc3)[nH]c(=O)c2c1. The maximum absolute atomic E-state index is 12.3. The molecular weight excluding hydrogens is 284 g/mol. The van der Waals surface area contributed by atoms with Gasteiger partial charge in [-0.05, 0) is 18.2 Å². The molecule has 0 saturated carbocycles. The van der Waals surface area contributed by atoms with Gasteiger partial charge >= 0.3 is 5.69 Å². The van der Waals surface area contributed by atoms with Crippen LogP contribution in [0.5, 0.6) is 5.75 Å². The fourth-order valence-electron chi connectivity index (χ4n) is 2.42. The van der Waals surface area contributed by atoms with Gasteiger partial charge in [0.15, 0.2) is 0 Å². The van der Waals surface area contributed by atoms with E-state index < -0.39 is 10.5 Å². The number of methoxy groups -OCH3 is 1. The Morgan fingerprint density at radius 2 is 1.82 bits per heavy atom. The third-order valence-electron chi connectivity index (χ3n) is 3.45. The van der Waals surface area contributed by atoms with E-state index in [2.05, 4.69) is 4.98 Å². The van der Waals surface area contributed by atoms with Gasteiger partial charge in [0.05, 0.1) is 22.8 Å². The molecule has 6 heteroatoms. The number of H-pyrrole nitrogens is 1. The lowest BCUT2D eigenvalue weighted by Gasteiger charge is -2.07. The van der Waals surface area contributed by atoms with E-state index in [-0.39, 0.29) is 22.2 Å². The maximum atomic E-state index is 12.3. The molecule has 22 heavy (non-hydrogen) atoms. The standard InChI is InChI=1S/C16H12N2O4/c1-22-11-7-8-12-13(9-11)16(19)17-14(15(12)18(20)21)10-5-3-2-4-6-10/h2-9H,1H3,(H,17,19). The molecule has 3 aromatic rings. The Labute approximate surface area is 125 Å². The van der Waals surface area contributed by atoms with Crippen molar-refractivity contribution in [1.29, 1.82) is 0 Å². The molecule has 6 nitrogen and oxygen atoms in total. The van der Waals surface area contributed by atoms with Gasteiger partial charge < -0.3 is 9.72 Å². The molecule has 0 bridgehead atoms. The second-order valence-corrected chi connectivity index (χ2v) is 4.71. The number of hydrogen-bond donors (Lipinski definition) is 1. The van der Waals surface area contributed by atoms with Crippen molar-refractivity contribution >= 4 is 16.5 Å². The van der Waals surface area contributed by atoms with Gasteiger partial charge in [-0.25, -0.2) is 0 Å². The first-order chi connectivity index (χ1) is 10.6. The fourth-order valence-corrected chi connectivity index (χ4v) is 2.42. The molecule has 0 spiro atoms. The summed E-state index contributed by atoms with van der Waals surface area (Å²) in [5, 5.41) is 12.0. The Morgan fingerprint density at radius 3 is 2.45 bits per heavy atom. The number of nitrogens with zero attached hydrogens (tertiary/aromatic N) is 1. The van der Waals surface area contributed by atoms with Gasteiger partial charge in [-0.3, -0.25) is 14.9 Å². The van der Waals surface area contributed by atoms with Gasteiger partial charge in [0.25, 0.3) is 5.56 Å². The van der Waals surface area contributed by atoms with Crippen LogP contribution >= 0.6 is 0 Å². The number of nitro groups is 1. The normalized spacial score (nSPS) is 10.6. The molecule has 0 aliphatic carbocycles. The molecule has 1 aromatic heterocycles. The summed E-state index contributed by atoms with van der Waals surface area (Å²) < 4.78 is 5.07. The molecular formula is C16H12N2O4. The van der Waals surface area contributed by atoms with Crippen LogP contribution in [0.3, 0.4) is 0 Å². The number of hydrogen-bond acceptors (Lipinski definition) is 4. The molecule has 1 heterocycles. The van der Waals surface area contributed by atoms with Crippen LogP contribution in [-0.4, -0.2) is 17.0 Å². The Hall–Kier alpha value is -3.15. The second-order valence-electron chi connectivity index (χ2n) is 4.71. The van der Waals surface area contributed by atoms with Crippen LogP contribution < -0.4 is 10.3 Å². The summed E-state index contributed by atoms with van der Waals surface area (Å²) in [6.45, 7) is 0. The number of pyridine rings is 1. The highest BCUT2D eigenvalue weighted by atomic mass is 16.6. The number of benzene rings is 2. The molecule has 0 fully saturated rings. The van der Waals surface area contributed by atoms with E-state index in [9.17, 15) is 14.9 Å². The van der Waals surface area contributed by atoms with Gasteiger partial charge in [0, 0.05) is 5.56 Å². The van der Waals surface area contributed by atoms with Gasteiger partial charge in [0.1, 0.15) is 11.4 Å². The number of nitrogens with one attached hydrogen (secondary N) is 1. The predicted octanol–water partition coefficient (Wildman–Crippen LogP) is 3.11. The third kappa shape index (κ3) is 2.20. The van der Waals surface area contributed by atoms with Crippen LogP contribution in [0.4, 0.5) is 5.69 Å². The van der Waals surface area contributed by atoms with Gasteiger partial charge in [0.2, 0.25) is 0 Å². The summed E-state index contributed by atoms with van der Waals surface area (Å²) in [5.74, 6) is 0.472. The van der Waals surface area contributed by atoms with Crippen molar-refractivity contribution in [1.82, 2.24) is 4.98 Å². The lowest BCUT2D eigenvalue weighted by atomic mass is 10.0. The van der Waals surface area contributed by atoms with Gasteiger partial charge in [-0.2, -0.15) is 0 Å². The van der Waals surface area contributed by atoms with E-state index in [0.717, 1.165) is 0 Å². The zero-order chi connectivity index (χ0) is 15.7. The van der Waals surface area contributed by atoms with Crippen LogP contribution in [0.15, 0.2) is 53.3 Å². The van der Waals surface area contributed by atoms with E-state index in [0.29, 0.717) is 11.3 Å². The predicted molar refractivity (Wildman–Crippen MR) is 83.2 cm³/mol. The van der Waals surface area contributed by atoms with Crippen LogP contribution in [0.2, 0.25) is 0 Å². The quantitative estimate of drug-likeness (QED) is 0.594. The summed E-state index contributed by atoms with van der Waals surface area (Å²) in [7, 11) is 1.47. The lowest BCUT2D eigenvalue weighted by Crippen LogP contribution is -2.10. The van der Waals surface area contributed by atoms with E-state index in [1.165, 1.54) is 19.2 Å². The molecule has 0 saturated heterocycles. The molecule has 0 radical (unpaired) electrons. The van der Waals surface area contributed by atoms with Crippen molar-refractivity contribution in [3.63, 3.8) is 0 Å². The molecule has 0 aliphatic heterocycles. The van der Waals surface area contributed by atoms with Crippen LogP contribution in [-0.2, 0) is 0 Å². The Morgan fingerprint density at radius 1 is 1.09 bits per heavy atom. The molecule has 0 atom stereocenters. The summed E-state index contributed by atoms with van der Waals surface area (Å²) in [4.78, 5) is 25.9. The second kappa shape index (κ2) is 5.33. The summed E-state index contributed by atoms with van der Waals surface area (Å²) in [5.41, 5.74) is 0.277. The zero-order valence-electron chi connectivity index (χ0n) is 11.7. The summed E-state index contributed by atoms with van der Waals surface area (Å²) in [6, 6.07) is 13.4. The van der Waals surface area contributed by atoms with Crippen molar-refractivity contribution in [2.75, 3.05) is 7.11 Å². The van der Waals surface area contributed by atoms with Crippen LogP contribution in [0, 0.1) is 10.1 Å². The number of ether oxygens (including phenoxy) is 1. The highest BCUT2D eigenvalue weighted by Gasteiger charge is 2.22. The minimum atomic E-state index is -0.479. The maximum Gasteiger partial charge on any atom is 0.301 e. The van der Waals surface area contributed by atoms with Gasteiger partial charge in [-0.1, -0.05) is 30.3 Å². The fraction of sp³-hybridized carbons (Fsp3) is 0.0625. The molecule has 3 rings (SSSR count). The Balaban J connectivity index is 2.42. The van der Waals surface area contributed by atoms with E-state index in [1.807, 2.05) is 0 Å². The number of aromatic amines is 1. The Kier molecular flexibility index (Phi) is 3.34. The van der Waals surface area contributed by atoms with E-state index in [1.54, 1.807) is 36.4 Å². The van der Waals surface area contributed by atoms with Crippen molar-refractivity contribution in [2.24, 2.45) is 0 Å². The minimum absolute atomic E-state index is 0.122. The topological polar surface area (TPSA) is 85.2 Å². The number of aromatic nitrogens is 1. The largest absolute Gasteiger partial charge is 0.497 e. The van der Waals surface area contributed by atoms with Crippen molar-refractivity contribution < 1.29 is 9.66 Å². The minimum Gasteiger partial charge on any atom is -0.497 e. The smallest absolute Gasteiger partial charge is 0.301 e.